The van der Waals surface area contributed by atoms with Gasteiger partial charge in [0.25, 0.3) is 0 Å². The number of amides is 1. The largest absolute Gasteiger partial charge is 0.481 e. The number of rotatable bonds is 3. The molecule has 6 heteroatoms. The standard InChI is InChI=1S/C18H19F2NO3/c1-8(2)14-10-4-5-11(14)16(18(23)24)15(10)17(22)21-13-7-9(19)3-6-12(13)20/h3,6-7,10-11,15-16H,4-5H2,1-2H3,(H,21,22)(H,23,24)/t10-,11-,15+,16-/m0/s1. The first kappa shape index (κ1) is 16.6. The van der Waals surface area contributed by atoms with Crippen molar-refractivity contribution in [3.8, 4) is 0 Å². The molecule has 2 N–H and O–H groups in total. The van der Waals surface area contributed by atoms with E-state index in [4.69, 9.17) is 0 Å². The summed E-state index contributed by atoms with van der Waals surface area (Å²) in [6.07, 6.45) is 1.50. The van der Waals surface area contributed by atoms with Crippen molar-refractivity contribution in [3.05, 3.63) is 41.0 Å². The summed E-state index contributed by atoms with van der Waals surface area (Å²) in [6, 6.07) is 2.80. The van der Waals surface area contributed by atoms with Crippen LogP contribution in [-0.2, 0) is 9.59 Å². The number of hydrogen-bond donors (Lipinski definition) is 2. The molecule has 1 aromatic carbocycles. The number of carbonyl (C=O) groups excluding carboxylic acids is 1. The van der Waals surface area contributed by atoms with Crippen molar-refractivity contribution >= 4 is 17.6 Å². The molecule has 0 radical (unpaired) electrons. The minimum Gasteiger partial charge on any atom is -0.481 e. The number of nitrogens with one attached hydrogen (secondary N) is 1. The van der Waals surface area contributed by atoms with Crippen molar-refractivity contribution in [2.75, 3.05) is 5.32 Å². The van der Waals surface area contributed by atoms with E-state index >= 15 is 0 Å². The fraction of sp³-hybridized carbons (Fsp3) is 0.444. The van der Waals surface area contributed by atoms with Crippen molar-refractivity contribution < 1.29 is 23.5 Å². The predicted molar refractivity (Wildman–Crippen MR) is 84.2 cm³/mol. The van der Waals surface area contributed by atoms with E-state index < -0.39 is 35.3 Å². The molecule has 0 aliphatic heterocycles. The Morgan fingerprint density at radius 3 is 2.33 bits per heavy atom. The third kappa shape index (κ3) is 2.60. The van der Waals surface area contributed by atoms with Crippen molar-refractivity contribution in [2.45, 2.75) is 26.7 Å². The van der Waals surface area contributed by atoms with Crippen molar-refractivity contribution in [1.82, 2.24) is 0 Å². The number of fused-ring (bicyclic) bond motifs is 2. The highest BCUT2D eigenvalue weighted by atomic mass is 19.1. The third-order valence-electron chi connectivity index (χ3n) is 5.19. The van der Waals surface area contributed by atoms with E-state index in [1.807, 2.05) is 13.8 Å². The second kappa shape index (κ2) is 6.00. The van der Waals surface area contributed by atoms with Gasteiger partial charge in [0.1, 0.15) is 11.6 Å². The maximum atomic E-state index is 13.8. The van der Waals surface area contributed by atoms with E-state index in [0.717, 1.165) is 42.2 Å². The highest BCUT2D eigenvalue weighted by Gasteiger charge is 2.57. The summed E-state index contributed by atoms with van der Waals surface area (Å²) < 4.78 is 27.0. The molecule has 2 aliphatic rings. The van der Waals surface area contributed by atoms with Crippen LogP contribution in [0.1, 0.15) is 26.7 Å². The molecule has 0 unspecified atom stereocenters. The molecule has 2 bridgehead atoms. The molecule has 4 nitrogen and oxygen atoms in total. The molecule has 128 valence electrons. The molecule has 0 saturated heterocycles. The van der Waals surface area contributed by atoms with Gasteiger partial charge in [-0.3, -0.25) is 9.59 Å². The van der Waals surface area contributed by atoms with Gasteiger partial charge in [-0.15, -0.1) is 0 Å². The summed E-state index contributed by atoms with van der Waals surface area (Å²) in [6.45, 7) is 3.85. The number of benzene rings is 1. The van der Waals surface area contributed by atoms with Crippen LogP contribution >= 0.6 is 0 Å². The number of anilines is 1. The van der Waals surface area contributed by atoms with Crippen LogP contribution in [0.25, 0.3) is 0 Å². The Morgan fingerprint density at radius 1 is 1.12 bits per heavy atom. The van der Waals surface area contributed by atoms with Gasteiger partial charge in [-0.2, -0.15) is 0 Å². The highest BCUT2D eigenvalue weighted by molar-refractivity contribution is 5.96. The van der Waals surface area contributed by atoms with Gasteiger partial charge in [-0.25, -0.2) is 8.78 Å². The van der Waals surface area contributed by atoms with E-state index in [-0.39, 0.29) is 17.5 Å². The Bertz CT molecular complexity index is 740. The number of hydrogen-bond acceptors (Lipinski definition) is 2. The van der Waals surface area contributed by atoms with Crippen molar-refractivity contribution in [3.63, 3.8) is 0 Å². The predicted octanol–water partition coefficient (Wildman–Crippen LogP) is 3.60. The van der Waals surface area contributed by atoms with Crippen LogP contribution in [0.15, 0.2) is 29.3 Å². The molecule has 2 saturated carbocycles. The lowest BCUT2D eigenvalue weighted by molar-refractivity contribution is -0.148. The van der Waals surface area contributed by atoms with Crippen LogP contribution in [0, 0.1) is 35.3 Å². The van der Waals surface area contributed by atoms with E-state index in [2.05, 4.69) is 5.32 Å². The molecular formula is C18H19F2NO3. The summed E-state index contributed by atoms with van der Waals surface area (Å²) in [5.74, 6) is -4.84. The summed E-state index contributed by atoms with van der Waals surface area (Å²) in [5.41, 5.74) is 1.83. The number of allylic oxidation sites excluding steroid dienone is 2. The minimum absolute atomic E-state index is 0.141. The summed E-state index contributed by atoms with van der Waals surface area (Å²) in [5, 5.41) is 12.0. The van der Waals surface area contributed by atoms with Gasteiger partial charge < -0.3 is 10.4 Å². The number of carboxylic acids is 1. The second-order valence-corrected chi connectivity index (χ2v) is 6.75. The van der Waals surface area contributed by atoms with Gasteiger partial charge in [-0.05, 0) is 50.7 Å². The highest BCUT2D eigenvalue weighted by Crippen LogP contribution is 2.57. The Labute approximate surface area is 138 Å². The zero-order valence-corrected chi connectivity index (χ0v) is 13.5. The lowest BCUT2D eigenvalue weighted by Crippen LogP contribution is -2.38. The molecule has 1 amide bonds. The fourth-order valence-electron chi connectivity index (χ4n) is 4.41. The van der Waals surface area contributed by atoms with Crippen molar-refractivity contribution in [2.24, 2.45) is 23.7 Å². The summed E-state index contributed by atoms with van der Waals surface area (Å²) in [7, 11) is 0. The monoisotopic (exact) mass is 335 g/mol. The first-order valence-electron chi connectivity index (χ1n) is 7.97. The van der Waals surface area contributed by atoms with Crippen molar-refractivity contribution in [1.29, 1.82) is 0 Å². The maximum absolute atomic E-state index is 13.8. The second-order valence-electron chi connectivity index (χ2n) is 6.75. The molecule has 2 aliphatic carbocycles. The fourth-order valence-corrected chi connectivity index (χ4v) is 4.41. The smallest absolute Gasteiger partial charge is 0.307 e. The lowest BCUT2D eigenvalue weighted by Gasteiger charge is -2.26. The Balaban J connectivity index is 1.92. The van der Waals surface area contributed by atoms with Crippen LogP contribution in [0.5, 0.6) is 0 Å². The number of halogens is 2. The average molecular weight is 335 g/mol. The van der Waals surface area contributed by atoms with Crippen LogP contribution in [-0.4, -0.2) is 17.0 Å². The van der Waals surface area contributed by atoms with Crippen LogP contribution < -0.4 is 5.32 Å². The normalized spacial score (nSPS) is 28.1. The number of aliphatic carboxylic acids is 1. The third-order valence-corrected chi connectivity index (χ3v) is 5.19. The topological polar surface area (TPSA) is 66.4 Å². The molecular weight excluding hydrogens is 316 g/mol. The van der Waals surface area contributed by atoms with Gasteiger partial charge in [-0.1, -0.05) is 11.1 Å². The van der Waals surface area contributed by atoms with Gasteiger partial charge in [0.05, 0.1) is 17.5 Å². The first-order chi connectivity index (χ1) is 11.3. The lowest BCUT2D eigenvalue weighted by atomic mass is 9.78. The van der Waals surface area contributed by atoms with E-state index in [9.17, 15) is 23.5 Å². The Hall–Kier alpha value is -2.24. The number of carbonyl (C=O) groups is 2. The van der Waals surface area contributed by atoms with E-state index in [0.29, 0.717) is 0 Å². The molecule has 0 spiro atoms. The van der Waals surface area contributed by atoms with Crippen LogP contribution in [0.3, 0.4) is 0 Å². The van der Waals surface area contributed by atoms with E-state index in [1.165, 1.54) is 0 Å². The molecule has 4 atom stereocenters. The molecule has 0 aromatic heterocycles. The van der Waals surface area contributed by atoms with Gasteiger partial charge >= 0.3 is 5.97 Å². The molecule has 0 heterocycles. The quantitative estimate of drug-likeness (QED) is 0.830. The first-order valence-corrected chi connectivity index (χ1v) is 7.97. The molecule has 1 aromatic rings. The average Bonchev–Trinajstić information content (AvgIpc) is 3.06. The Morgan fingerprint density at radius 2 is 1.75 bits per heavy atom. The number of carboxylic acid groups (broad SMARTS) is 1. The minimum atomic E-state index is -1.01. The zero-order valence-electron chi connectivity index (χ0n) is 13.5. The van der Waals surface area contributed by atoms with Gasteiger partial charge in [0, 0.05) is 6.07 Å². The zero-order chi connectivity index (χ0) is 17.6. The molecule has 3 rings (SSSR count). The van der Waals surface area contributed by atoms with Crippen LogP contribution in [0.2, 0.25) is 0 Å². The SMILES string of the molecule is CC(C)=C1[C@@H]2CC[C@@H]1[C@@H](C(=O)Nc1cc(F)ccc1F)[C@H]2C(=O)O. The van der Waals surface area contributed by atoms with E-state index in [1.54, 1.807) is 0 Å². The Kier molecular flexibility index (Phi) is 4.15. The van der Waals surface area contributed by atoms with Gasteiger partial charge in [0.2, 0.25) is 5.91 Å². The van der Waals surface area contributed by atoms with Gasteiger partial charge in [0.15, 0.2) is 0 Å². The maximum Gasteiger partial charge on any atom is 0.307 e. The van der Waals surface area contributed by atoms with Crippen LogP contribution in [0.4, 0.5) is 14.5 Å². The summed E-state index contributed by atoms with van der Waals surface area (Å²) >= 11 is 0. The molecule has 2 fully saturated rings. The molecule has 24 heavy (non-hydrogen) atoms. The summed E-state index contributed by atoms with van der Waals surface area (Å²) in [4.78, 5) is 24.4.